The molecule has 0 bridgehead atoms. The van der Waals surface area contributed by atoms with Crippen molar-refractivity contribution in [2.75, 3.05) is 14.1 Å². The molecule has 0 spiro atoms. The Hall–Kier alpha value is -1.84. The number of aromatic hydroxyl groups is 1. The molecule has 0 radical (unpaired) electrons. The molecule has 0 aromatic heterocycles. The monoisotopic (exact) mass is 209 g/mol. The maximum absolute atomic E-state index is 13.2. The van der Waals surface area contributed by atoms with E-state index in [4.69, 9.17) is 0 Å². The number of phenolic OH excluding ortho intramolecular Hbond substituents is 1. The first-order valence-electron chi connectivity index (χ1n) is 4.37. The molecule has 0 saturated heterocycles. The molecule has 0 aliphatic rings. The van der Waals surface area contributed by atoms with Gasteiger partial charge in [-0.3, -0.25) is 4.79 Å². The van der Waals surface area contributed by atoms with Crippen molar-refractivity contribution in [2.45, 2.75) is 0 Å². The number of carbonyl (C=O) groups excluding carboxylic acids is 1. The van der Waals surface area contributed by atoms with Gasteiger partial charge >= 0.3 is 0 Å². The van der Waals surface area contributed by atoms with Crippen molar-refractivity contribution in [1.29, 1.82) is 0 Å². The Kier molecular flexibility index (Phi) is 3.44. The van der Waals surface area contributed by atoms with Gasteiger partial charge in [0.1, 0.15) is 11.6 Å². The zero-order valence-electron chi connectivity index (χ0n) is 8.57. The van der Waals surface area contributed by atoms with E-state index in [0.717, 1.165) is 6.07 Å². The minimum Gasteiger partial charge on any atom is -0.507 e. The zero-order chi connectivity index (χ0) is 11.4. The highest BCUT2D eigenvalue weighted by atomic mass is 19.1. The van der Waals surface area contributed by atoms with Crippen LogP contribution < -0.4 is 0 Å². The fourth-order valence-corrected chi connectivity index (χ4v) is 1.12. The first kappa shape index (κ1) is 11.2. The third kappa shape index (κ3) is 2.56. The molecular formula is C11H12FNO2. The molecule has 0 heterocycles. The fraction of sp³-hybridized carbons (Fsp3) is 0.182. The molecule has 0 saturated carbocycles. The number of nitrogens with zero attached hydrogens (tertiary/aromatic N) is 1. The largest absolute Gasteiger partial charge is 0.507 e. The van der Waals surface area contributed by atoms with E-state index < -0.39 is 5.82 Å². The van der Waals surface area contributed by atoms with E-state index in [1.165, 1.54) is 12.1 Å². The predicted octanol–water partition coefficient (Wildman–Crippen LogP) is 1.88. The Balaban J connectivity index is 3.25. The molecule has 0 unspecified atom stereocenters. The molecule has 1 aromatic rings. The van der Waals surface area contributed by atoms with Crippen LogP contribution in [0.5, 0.6) is 5.75 Å². The Morgan fingerprint density at radius 1 is 1.33 bits per heavy atom. The smallest absolute Gasteiger partial charge is 0.153 e. The van der Waals surface area contributed by atoms with Gasteiger partial charge in [0, 0.05) is 19.7 Å². The molecule has 1 rings (SSSR count). The molecule has 15 heavy (non-hydrogen) atoms. The minimum absolute atomic E-state index is 0.114. The van der Waals surface area contributed by atoms with Gasteiger partial charge in [-0.25, -0.2) is 4.39 Å². The normalized spacial score (nSPS) is 10.6. The summed E-state index contributed by atoms with van der Waals surface area (Å²) >= 11 is 0. The van der Waals surface area contributed by atoms with Crippen LogP contribution in [0.4, 0.5) is 4.39 Å². The van der Waals surface area contributed by atoms with E-state index in [2.05, 4.69) is 0 Å². The molecule has 0 aliphatic heterocycles. The van der Waals surface area contributed by atoms with Crippen LogP contribution in [-0.2, 0) is 0 Å². The van der Waals surface area contributed by atoms with Crippen molar-refractivity contribution in [1.82, 2.24) is 4.90 Å². The Bertz CT molecular complexity index is 400. The second-order valence-electron chi connectivity index (χ2n) is 3.29. The summed E-state index contributed by atoms with van der Waals surface area (Å²) in [6.07, 6.45) is 3.51. The number of carbonyl (C=O) groups is 1. The molecule has 1 N–H and O–H groups in total. The van der Waals surface area contributed by atoms with Crippen molar-refractivity contribution in [2.24, 2.45) is 0 Å². The van der Waals surface area contributed by atoms with Gasteiger partial charge in [-0.15, -0.1) is 0 Å². The number of benzene rings is 1. The minimum atomic E-state index is -0.638. The van der Waals surface area contributed by atoms with Gasteiger partial charge in [0.15, 0.2) is 6.29 Å². The van der Waals surface area contributed by atoms with E-state index in [1.807, 2.05) is 0 Å². The van der Waals surface area contributed by atoms with E-state index >= 15 is 0 Å². The van der Waals surface area contributed by atoms with Crippen LogP contribution in [-0.4, -0.2) is 30.4 Å². The van der Waals surface area contributed by atoms with Crippen LogP contribution in [0.2, 0.25) is 0 Å². The summed E-state index contributed by atoms with van der Waals surface area (Å²) in [5.74, 6) is -0.752. The first-order valence-corrected chi connectivity index (χ1v) is 4.37. The van der Waals surface area contributed by atoms with Gasteiger partial charge in [-0.05, 0) is 24.4 Å². The highest BCUT2D eigenvalue weighted by Crippen LogP contribution is 2.23. The summed E-state index contributed by atoms with van der Waals surface area (Å²) in [4.78, 5) is 12.4. The van der Waals surface area contributed by atoms with Crippen molar-refractivity contribution in [3.05, 3.63) is 35.3 Å². The highest BCUT2D eigenvalue weighted by molar-refractivity contribution is 5.84. The predicted molar refractivity (Wildman–Crippen MR) is 56.2 cm³/mol. The molecular weight excluding hydrogens is 197 g/mol. The number of aldehydes is 1. The highest BCUT2D eigenvalue weighted by Gasteiger charge is 2.09. The van der Waals surface area contributed by atoms with Crippen LogP contribution in [0.1, 0.15) is 15.9 Å². The van der Waals surface area contributed by atoms with Crippen molar-refractivity contribution < 1.29 is 14.3 Å². The second-order valence-corrected chi connectivity index (χ2v) is 3.29. The van der Waals surface area contributed by atoms with E-state index in [1.54, 1.807) is 25.2 Å². The van der Waals surface area contributed by atoms with Crippen molar-refractivity contribution in [3.8, 4) is 5.75 Å². The lowest BCUT2D eigenvalue weighted by Crippen LogP contribution is -2.00. The first-order chi connectivity index (χ1) is 7.06. The third-order valence-electron chi connectivity index (χ3n) is 1.87. The average Bonchev–Trinajstić information content (AvgIpc) is 2.19. The van der Waals surface area contributed by atoms with Gasteiger partial charge < -0.3 is 10.0 Å². The maximum atomic E-state index is 13.2. The van der Waals surface area contributed by atoms with Gasteiger partial charge in [0.05, 0.1) is 5.56 Å². The molecule has 4 heteroatoms. The summed E-state index contributed by atoms with van der Waals surface area (Å²) in [5, 5.41) is 9.46. The van der Waals surface area contributed by atoms with Crippen LogP contribution in [0.25, 0.3) is 6.08 Å². The SMILES string of the molecule is CN(C)/C=C\c1c(O)ccc(F)c1C=O. The van der Waals surface area contributed by atoms with E-state index in [0.29, 0.717) is 6.29 Å². The zero-order valence-corrected chi connectivity index (χ0v) is 8.57. The quantitative estimate of drug-likeness (QED) is 0.772. The Labute approximate surface area is 87.4 Å². The number of hydrogen-bond acceptors (Lipinski definition) is 3. The lowest BCUT2D eigenvalue weighted by atomic mass is 10.1. The standard InChI is InChI=1S/C11H12FNO2/c1-13(2)6-5-8-9(7-14)10(12)3-4-11(8)15/h3-7,15H,1-2H3/b6-5-. The molecule has 0 fully saturated rings. The summed E-state index contributed by atoms with van der Waals surface area (Å²) in [7, 11) is 3.57. The molecule has 1 aromatic carbocycles. The molecule has 0 atom stereocenters. The molecule has 3 nitrogen and oxygen atoms in total. The average molecular weight is 209 g/mol. The second kappa shape index (κ2) is 4.59. The summed E-state index contributed by atoms with van der Waals surface area (Å²) < 4.78 is 13.2. The van der Waals surface area contributed by atoms with Crippen LogP contribution in [0.3, 0.4) is 0 Å². The van der Waals surface area contributed by atoms with E-state index in [9.17, 15) is 14.3 Å². The molecule has 80 valence electrons. The van der Waals surface area contributed by atoms with Gasteiger partial charge in [0.2, 0.25) is 0 Å². The lowest BCUT2D eigenvalue weighted by Gasteiger charge is -2.06. The lowest BCUT2D eigenvalue weighted by molar-refractivity contribution is 0.111. The fourth-order valence-electron chi connectivity index (χ4n) is 1.12. The number of hydrogen-bond donors (Lipinski definition) is 1. The topological polar surface area (TPSA) is 40.5 Å². The van der Waals surface area contributed by atoms with Gasteiger partial charge in [-0.1, -0.05) is 0 Å². The van der Waals surface area contributed by atoms with Crippen molar-refractivity contribution in [3.63, 3.8) is 0 Å². The van der Waals surface area contributed by atoms with Crippen LogP contribution in [0.15, 0.2) is 18.3 Å². The summed E-state index contributed by atoms with van der Waals surface area (Å²) in [6, 6.07) is 2.28. The van der Waals surface area contributed by atoms with Crippen molar-refractivity contribution >= 4 is 12.4 Å². The number of rotatable bonds is 3. The van der Waals surface area contributed by atoms with Crippen LogP contribution >= 0.6 is 0 Å². The number of phenols is 1. The molecule has 0 amide bonds. The number of halogens is 1. The maximum Gasteiger partial charge on any atom is 0.153 e. The van der Waals surface area contributed by atoms with Gasteiger partial charge in [-0.2, -0.15) is 0 Å². The van der Waals surface area contributed by atoms with Crippen LogP contribution in [0, 0.1) is 5.82 Å². The third-order valence-corrected chi connectivity index (χ3v) is 1.87. The Morgan fingerprint density at radius 2 is 2.00 bits per heavy atom. The summed E-state index contributed by atoms with van der Waals surface area (Å²) in [6.45, 7) is 0. The molecule has 0 aliphatic carbocycles. The summed E-state index contributed by atoms with van der Waals surface area (Å²) in [5.41, 5.74) is 0.0619. The van der Waals surface area contributed by atoms with Gasteiger partial charge in [0.25, 0.3) is 0 Å². The van der Waals surface area contributed by atoms with E-state index in [-0.39, 0.29) is 16.9 Å². The Morgan fingerprint density at radius 3 is 2.53 bits per heavy atom.